The zero-order valence-corrected chi connectivity index (χ0v) is 13.9. The van der Waals surface area contributed by atoms with Crippen LogP contribution >= 0.6 is 11.8 Å². The smallest absolute Gasteiger partial charge is 0.235 e. The summed E-state index contributed by atoms with van der Waals surface area (Å²) in [6, 6.07) is 17.8. The number of thioether (sulfide) groups is 1. The van der Waals surface area contributed by atoms with Gasteiger partial charge in [-0.1, -0.05) is 42.5 Å². The quantitative estimate of drug-likeness (QED) is 0.839. The Morgan fingerprint density at radius 1 is 1.00 bits per heavy atom. The molecule has 2 aromatic carbocycles. The second-order valence-electron chi connectivity index (χ2n) is 5.29. The second-order valence-corrected chi connectivity index (χ2v) is 8.44. The maximum atomic E-state index is 12.7. The molecule has 3 nitrogen and oxygen atoms in total. The Labute approximate surface area is 136 Å². The van der Waals surface area contributed by atoms with Crippen molar-refractivity contribution in [3.05, 3.63) is 60.2 Å². The first-order valence-corrected chi connectivity index (χ1v) is 10.0. The molecule has 0 radical (unpaired) electrons. The molecule has 1 heterocycles. The molecular weight excluding hydrogens is 314 g/mol. The molecule has 0 unspecified atom stereocenters. The van der Waals surface area contributed by atoms with E-state index in [0.717, 1.165) is 22.8 Å². The fraction of sp³-hybridized carbons (Fsp3) is 0.294. The van der Waals surface area contributed by atoms with Gasteiger partial charge in [-0.15, -0.1) is 11.8 Å². The molecule has 0 saturated carbocycles. The van der Waals surface area contributed by atoms with Crippen molar-refractivity contribution in [2.45, 2.75) is 17.7 Å². The Balaban J connectivity index is 1.69. The number of para-hydroxylation sites is 1. The molecule has 0 fully saturated rings. The lowest BCUT2D eigenvalue weighted by atomic mass is 10.1. The third kappa shape index (κ3) is 3.47. The average molecular weight is 333 g/mol. The number of rotatable bonds is 5. The zero-order chi connectivity index (χ0) is 15.4. The first-order chi connectivity index (χ1) is 10.7. The second kappa shape index (κ2) is 6.75. The summed E-state index contributed by atoms with van der Waals surface area (Å²) < 4.78 is 26.9. The van der Waals surface area contributed by atoms with Gasteiger partial charge in [-0.05, 0) is 30.5 Å². The van der Waals surface area contributed by atoms with Gasteiger partial charge in [0, 0.05) is 17.2 Å². The standard InChI is InChI=1S/C17H19NO2S2/c19-22(20,14-6-9-15-7-2-1-3-8-15)18-12-13-21-17-11-5-4-10-16(17)18/h1-5,7-8,10-11H,6,9,12-14H2. The average Bonchev–Trinajstić information content (AvgIpc) is 2.55. The van der Waals surface area contributed by atoms with Crippen molar-refractivity contribution in [1.29, 1.82) is 0 Å². The Hall–Kier alpha value is -1.46. The number of hydrogen-bond acceptors (Lipinski definition) is 3. The Kier molecular flexibility index (Phi) is 4.74. The molecule has 0 spiro atoms. The van der Waals surface area contributed by atoms with Crippen molar-refractivity contribution in [2.24, 2.45) is 0 Å². The predicted molar refractivity (Wildman–Crippen MR) is 93.1 cm³/mol. The fourth-order valence-electron chi connectivity index (χ4n) is 2.65. The summed E-state index contributed by atoms with van der Waals surface area (Å²) in [5.41, 5.74) is 2.02. The van der Waals surface area contributed by atoms with Gasteiger partial charge in [0.2, 0.25) is 10.0 Å². The molecule has 0 bridgehead atoms. The monoisotopic (exact) mass is 333 g/mol. The Morgan fingerprint density at radius 2 is 1.73 bits per heavy atom. The van der Waals surface area contributed by atoms with Crippen LogP contribution in [0.4, 0.5) is 5.69 Å². The molecular formula is C17H19NO2S2. The summed E-state index contributed by atoms with van der Waals surface area (Å²) in [6.45, 7) is 0.565. The molecule has 2 aromatic rings. The first-order valence-electron chi connectivity index (χ1n) is 7.43. The minimum Gasteiger partial charge on any atom is -0.268 e. The zero-order valence-electron chi connectivity index (χ0n) is 12.3. The number of nitrogens with zero attached hydrogens (tertiary/aromatic N) is 1. The predicted octanol–water partition coefficient (Wildman–Crippen LogP) is 3.56. The Morgan fingerprint density at radius 3 is 2.55 bits per heavy atom. The minimum absolute atomic E-state index is 0.195. The summed E-state index contributed by atoms with van der Waals surface area (Å²) in [4.78, 5) is 1.06. The topological polar surface area (TPSA) is 37.4 Å². The van der Waals surface area contributed by atoms with E-state index in [-0.39, 0.29) is 5.75 Å². The fourth-order valence-corrected chi connectivity index (χ4v) is 5.37. The molecule has 0 aliphatic carbocycles. The lowest BCUT2D eigenvalue weighted by Crippen LogP contribution is -2.37. The number of aryl methyl sites for hydroxylation is 1. The van der Waals surface area contributed by atoms with Crippen LogP contribution in [-0.2, 0) is 16.4 Å². The number of sulfonamides is 1. The third-order valence-corrected chi connectivity index (χ3v) is 6.63. The molecule has 3 rings (SSSR count). The van der Waals surface area contributed by atoms with Gasteiger partial charge < -0.3 is 0 Å². The minimum atomic E-state index is -3.25. The normalized spacial score (nSPS) is 14.6. The molecule has 0 amide bonds. The summed E-state index contributed by atoms with van der Waals surface area (Å²) in [5.74, 6) is 1.01. The van der Waals surface area contributed by atoms with Crippen LogP contribution in [0.25, 0.3) is 0 Å². The summed E-state index contributed by atoms with van der Waals surface area (Å²) >= 11 is 1.72. The van der Waals surface area contributed by atoms with E-state index in [1.54, 1.807) is 16.1 Å². The molecule has 0 saturated heterocycles. The van der Waals surface area contributed by atoms with Crippen molar-refractivity contribution < 1.29 is 8.42 Å². The highest BCUT2D eigenvalue weighted by Crippen LogP contribution is 2.36. The van der Waals surface area contributed by atoms with E-state index in [0.29, 0.717) is 13.0 Å². The van der Waals surface area contributed by atoms with Crippen LogP contribution in [0.15, 0.2) is 59.5 Å². The van der Waals surface area contributed by atoms with Crippen LogP contribution < -0.4 is 4.31 Å². The van der Waals surface area contributed by atoms with Crippen LogP contribution in [0.1, 0.15) is 12.0 Å². The largest absolute Gasteiger partial charge is 0.268 e. The molecule has 1 aliphatic rings. The van der Waals surface area contributed by atoms with Crippen molar-refractivity contribution in [3.8, 4) is 0 Å². The van der Waals surface area contributed by atoms with E-state index < -0.39 is 10.0 Å². The lowest BCUT2D eigenvalue weighted by Gasteiger charge is -2.30. The molecule has 1 aliphatic heterocycles. The molecule has 5 heteroatoms. The van der Waals surface area contributed by atoms with Gasteiger partial charge in [0.15, 0.2) is 0 Å². The van der Waals surface area contributed by atoms with Crippen molar-refractivity contribution in [1.82, 2.24) is 0 Å². The molecule has 0 atom stereocenters. The van der Waals surface area contributed by atoms with Crippen molar-refractivity contribution in [3.63, 3.8) is 0 Å². The van der Waals surface area contributed by atoms with E-state index in [9.17, 15) is 8.42 Å². The summed E-state index contributed by atoms with van der Waals surface area (Å²) in [6.07, 6.45) is 1.45. The van der Waals surface area contributed by atoms with Crippen LogP contribution in [-0.4, -0.2) is 26.5 Å². The number of hydrogen-bond donors (Lipinski definition) is 0. The number of benzene rings is 2. The number of anilines is 1. The van der Waals surface area contributed by atoms with E-state index in [2.05, 4.69) is 0 Å². The molecule has 0 aromatic heterocycles. The maximum absolute atomic E-state index is 12.7. The van der Waals surface area contributed by atoms with Gasteiger partial charge in [0.05, 0.1) is 11.4 Å². The van der Waals surface area contributed by atoms with E-state index in [1.165, 1.54) is 5.56 Å². The lowest BCUT2D eigenvalue weighted by molar-refractivity contribution is 0.588. The van der Waals surface area contributed by atoms with Gasteiger partial charge >= 0.3 is 0 Å². The van der Waals surface area contributed by atoms with Crippen LogP contribution in [0, 0.1) is 0 Å². The van der Waals surface area contributed by atoms with E-state index in [4.69, 9.17) is 0 Å². The van der Waals surface area contributed by atoms with Crippen LogP contribution in [0.5, 0.6) is 0 Å². The van der Waals surface area contributed by atoms with Crippen molar-refractivity contribution >= 4 is 27.5 Å². The summed E-state index contributed by atoms with van der Waals surface area (Å²) in [5, 5.41) is 0. The highest BCUT2D eigenvalue weighted by Gasteiger charge is 2.27. The maximum Gasteiger partial charge on any atom is 0.235 e. The van der Waals surface area contributed by atoms with Gasteiger partial charge in [-0.2, -0.15) is 0 Å². The van der Waals surface area contributed by atoms with Gasteiger partial charge in [0.1, 0.15) is 0 Å². The highest BCUT2D eigenvalue weighted by atomic mass is 32.2. The van der Waals surface area contributed by atoms with Gasteiger partial charge in [-0.25, -0.2) is 8.42 Å². The van der Waals surface area contributed by atoms with Crippen molar-refractivity contribution in [2.75, 3.05) is 22.4 Å². The molecule has 0 N–H and O–H groups in total. The van der Waals surface area contributed by atoms with E-state index >= 15 is 0 Å². The molecule has 116 valence electrons. The van der Waals surface area contributed by atoms with Gasteiger partial charge in [0.25, 0.3) is 0 Å². The third-order valence-electron chi connectivity index (χ3n) is 3.73. The SMILES string of the molecule is O=S(=O)(CCCc1ccccc1)N1CCSc2ccccc21. The van der Waals surface area contributed by atoms with Crippen LogP contribution in [0.3, 0.4) is 0 Å². The Bertz CT molecular complexity index is 729. The summed E-state index contributed by atoms with van der Waals surface area (Å²) in [7, 11) is -3.25. The van der Waals surface area contributed by atoms with Gasteiger partial charge in [-0.3, -0.25) is 4.31 Å². The molecule has 22 heavy (non-hydrogen) atoms. The highest BCUT2D eigenvalue weighted by molar-refractivity contribution is 8.00. The van der Waals surface area contributed by atoms with E-state index in [1.807, 2.05) is 54.6 Å². The first kappa shape index (κ1) is 15.4. The number of fused-ring (bicyclic) bond motifs is 1. The van der Waals surface area contributed by atoms with Crippen LogP contribution in [0.2, 0.25) is 0 Å².